The van der Waals surface area contributed by atoms with E-state index >= 15 is 0 Å². The zero-order valence-electron chi connectivity index (χ0n) is 26.0. The molecule has 4 aliphatic carbocycles. The Morgan fingerprint density at radius 1 is 1.17 bits per heavy atom. The SMILES string of the molecule is CO[C@H]1CN(CCc2ccccc2)C[C@H](OCC23C[C@@H]4[C@H](C)CC[C@H]4[C@@]4(C=O)CC2C=C(C(C)C)[C@@]34C(=O)O)O[C@@H]1C. The van der Waals surface area contributed by atoms with Gasteiger partial charge in [-0.15, -0.1) is 0 Å². The number of hydrogen-bond acceptors (Lipinski definition) is 6. The van der Waals surface area contributed by atoms with Crippen LogP contribution in [-0.2, 0) is 30.2 Å². The van der Waals surface area contributed by atoms with Crippen LogP contribution in [0, 0.1) is 45.8 Å². The van der Waals surface area contributed by atoms with Crippen molar-refractivity contribution in [2.75, 3.05) is 33.4 Å². The van der Waals surface area contributed by atoms with E-state index in [2.05, 4.69) is 56.0 Å². The highest BCUT2D eigenvalue weighted by atomic mass is 16.7. The lowest BCUT2D eigenvalue weighted by atomic mass is 9.43. The molecular formula is C35H49NO6. The minimum Gasteiger partial charge on any atom is -0.481 e. The molecule has 5 aliphatic rings. The molecule has 0 spiro atoms. The Morgan fingerprint density at radius 3 is 2.60 bits per heavy atom. The number of methoxy groups -OCH3 is 1. The summed E-state index contributed by atoms with van der Waals surface area (Å²) in [6.07, 6.45) is 6.86. The third-order valence-corrected chi connectivity index (χ3v) is 12.2. The van der Waals surface area contributed by atoms with Crippen LogP contribution in [0.3, 0.4) is 0 Å². The average Bonchev–Trinajstić information content (AvgIpc) is 3.50. The number of hydrogen-bond donors (Lipinski definition) is 1. The number of aliphatic carboxylic acids is 1. The van der Waals surface area contributed by atoms with Crippen LogP contribution in [0.15, 0.2) is 42.0 Å². The van der Waals surface area contributed by atoms with Crippen molar-refractivity contribution >= 4 is 12.3 Å². The van der Waals surface area contributed by atoms with E-state index in [4.69, 9.17) is 14.2 Å². The van der Waals surface area contributed by atoms with Crippen LogP contribution in [0.5, 0.6) is 0 Å². The van der Waals surface area contributed by atoms with Crippen LogP contribution in [0.1, 0.15) is 58.9 Å². The first-order chi connectivity index (χ1) is 20.1. The van der Waals surface area contributed by atoms with E-state index in [0.717, 1.165) is 50.6 Å². The summed E-state index contributed by atoms with van der Waals surface area (Å²) in [6.45, 7) is 10.9. The lowest BCUT2D eigenvalue weighted by Crippen LogP contribution is -2.63. The highest BCUT2D eigenvalue weighted by Gasteiger charge is 2.84. The molecule has 1 heterocycles. The Balaban J connectivity index is 1.31. The Hall–Kier alpha value is -2.06. The van der Waals surface area contributed by atoms with Crippen LogP contribution < -0.4 is 0 Å². The number of fused-ring (bicyclic) bond motifs is 2. The van der Waals surface area contributed by atoms with E-state index in [1.165, 1.54) is 5.56 Å². The van der Waals surface area contributed by atoms with E-state index in [0.29, 0.717) is 24.8 Å². The third-order valence-electron chi connectivity index (χ3n) is 12.2. The van der Waals surface area contributed by atoms with Gasteiger partial charge in [0.25, 0.3) is 0 Å². The van der Waals surface area contributed by atoms with Gasteiger partial charge in [-0.2, -0.15) is 0 Å². The summed E-state index contributed by atoms with van der Waals surface area (Å²) >= 11 is 0. The summed E-state index contributed by atoms with van der Waals surface area (Å²) in [7, 11) is 1.73. The smallest absolute Gasteiger partial charge is 0.315 e. The molecule has 0 aromatic heterocycles. The summed E-state index contributed by atoms with van der Waals surface area (Å²) in [5.41, 5.74) is -0.543. The summed E-state index contributed by atoms with van der Waals surface area (Å²) < 4.78 is 19.1. The Morgan fingerprint density at radius 2 is 1.93 bits per heavy atom. The van der Waals surface area contributed by atoms with Crippen molar-refractivity contribution < 1.29 is 28.9 Å². The number of allylic oxidation sites excluding steroid dienone is 1. The molecule has 7 nitrogen and oxygen atoms in total. The van der Waals surface area contributed by atoms with Gasteiger partial charge in [0.1, 0.15) is 11.7 Å². The van der Waals surface area contributed by atoms with Crippen molar-refractivity contribution in [3.05, 3.63) is 47.5 Å². The number of benzene rings is 1. The average molecular weight is 580 g/mol. The maximum Gasteiger partial charge on any atom is 0.315 e. The van der Waals surface area contributed by atoms with Gasteiger partial charge in [0.05, 0.1) is 24.2 Å². The molecule has 7 heteroatoms. The van der Waals surface area contributed by atoms with Crippen molar-refractivity contribution in [1.29, 1.82) is 0 Å². The third kappa shape index (κ3) is 4.21. The molecule has 1 saturated heterocycles. The Labute approximate surface area is 251 Å². The van der Waals surface area contributed by atoms with Gasteiger partial charge in [-0.3, -0.25) is 9.69 Å². The molecule has 0 amide bonds. The lowest BCUT2D eigenvalue weighted by molar-refractivity contribution is -0.220. The lowest BCUT2D eigenvalue weighted by Gasteiger charge is -2.58. The monoisotopic (exact) mass is 579 g/mol. The number of aldehydes is 1. The van der Waals surface area contributed by atoms with Gasteiger partial charge in [-0.1, -0.05) is 69.2 Å². The molecule has 230 valence electrons. The maximum atomic E-state index is 13.7. The van der Waals surface area contributed by atoms with E-state index < -0.39 is 28.5 Å². The fraction of sp³-hybridized carbons (Fsp3) is 0.714. The predicted molar refractivity (Wildman–Crippen MR) is 160 cm³/mol. The molecule has 1 aromatic rings. The van der Waals surface area contributed by atoms with Crippen molar-refractivity contribution in [1.82, 2.24) is 4.90 Å². The maximum absolute atomic E-state index is 13.7. The van der Waals surface area contributed by atoms with E-state index in [-0.39, 0.29) is 36.6 Å². The normalized spacial score (nSPS) is 42.8. The van der Waals surface area contributed by atoms with Gasteiger partial charge in [0.15, 0.2) is 6.29 Å². The van der Waals surface area contributed by atoms with E-state index in [1.54, 1.807) is 7.11 Å². The van der Waals surface area contributed by atoms with E-state index in [1.807, 2.05) is 13.0 Å². The van der Waals surface area contributed by atoms with Gasteiger partial charge in [-0.05, 0) is 67.8 Å². The minimum atomic E-state index is -1.23. The topological polar surface area (TPSA) is 85.3 Å². The van der Waals surface area contributed by atoms with Gasteiger partial charge < -0.3 is 24.1 Å². The second-order valence-corrected chi connectivity index (χ2v) is 14.3. The fourth-order valence-electron chi connectivity index (χ4n) is 10.4. The van der Waals surface area contributed by atoms with Crippen LogP contribution in [-0.4, -0.2) is 74.1 Å². The van der Waals surface area contributed by atoms with E-state index in [9.17, 15) is 14.7 Å². The highest BCUT2D eigenvalue weighted by molar-refractivity contribution is 5.90. The first-order valence-electron chi connectivity index (χ1n) is 16.1. The predicted octanol–water partition coefficient (Wildman–Crippen LogP) is 5.23. The first kappa shape index (κ1) is 30.0. The van der Waals surface area contributed by atoms with Crippen molar-refractivity contribution in [2.24, 2.45) is 45.8 Å². The molecule has 6 rings (SSSR count). The zero-order valence-corrected chi connectivity index (χ0v) is 26.0. The highest BCUT2D eigenvalue weighted by Crippen LogP contribution is 2.82. The molecule has 2 unspecified atom stereocenters. The Bertz CT molecular complexity index is 1200. The number of rotatable bonds is 10. The molecule has 4 fully saturated rings. The number of carbonyl (C=O) groups excluding carboxylic acids is 1. The van der Waals surface area contributed by atoms with Gasteiger partial charge in [0.2, 0.25) is 0 Å². The molecule has 1 aliphatic heterocycles. The zero-order chi connectivity index (χ0) is 29.9. The van der Waals surface area contributed by atoms with Crippen molar-refractivity contribution in [2.45, 2.75) is 78.3 Å². The molecule has 10 atom stereocenters. The summed E-state index contributed by atoms with van der Waals surface area (Å²) in [5, 5.41) is 11.3. The number of carboxylic acid groups (broad SMARTS) is 1. The Kier molecular flexibility index (Phi) is 7.95. The van der Waals surface area contributed by atoms with Gasteiger partial charge in [-0.25, -0.2) is 0 Å². The minimum absolute atomic E-state index is 0.0121. The molecular weight excluding hydrogens is 530 g/mol. The first-order valence-corrected chi connectivity index (χ1v) is 16.1. The molecule has 3 saturated carbocycles. The van der Waals surface area contributed by atoms with Crippen LogP contribution in [0.2, 0.25) is 0 Å². The van der Waals surface area contributed by atoms with Crippen molar-refractivity contribution in [3.63, 3.8) is 0 Å². The second-order valence-electron chi connectivity index (χ2n) is 14.3. The fourth-order valence-corrected chi connectivity index (χ4v) is 10.4. The molecule has 0 radical (unpaired) electrons. The number of nitrogens with zero attached hydrogens (tertiary/aromatic N) is 1. The standard InChI is InChI=1S/C35H49NO6/c1-22(2)29-15-26-16-33(20-37)28-12-11-23(3)27(28)17-34(26,35(29,33)32(38)39)21-41-31-19-36(18-30(40-5)24(4)42-31)14-13-25-9-7-6-8-10-25/h6-10,15,20,22-24,26-28,30-31H,11-14,16-19,21H2,1-5H3,(H,38,39)/t23-,24-,26?,27-,28-,30+,31-,33+,34?,35+/m1/s1. The molecule has 1 aromatic carbocycles. The number of carbonyl (C=O) groups is 2. The molecule has 42 heavy (non-hydrogen) atoms. The molecule has 1 N–H and O–H groups in total. The van der Waals surface area contributed by atoms with Gasteiger partial charge in [0, 0.05) is 32.2 Å². The largest absolute Gasteiger partial charge is 0.481 e. The summed E-state index contributed by atoms with van der Waals surface area (Å²) in [5.74, 6) is 0.154. The number of ether oxygens (including phenoxy) is 3. The van der Waals surface area contributed by atoms with Crippen LogP contribution in [0.25, 0.3) is 0 Å². The molecule has 4 bridgehead atoms. The second kappa shape index (κ2) is 11.1. The van der Waals surface area contributed by atoms with Gasteiger partial charge >= 0.3 is 5.97 Å². The quantitative estimate of drug-likeness (QED) is 0.300. The summed E-state index contributed by atoms with van der Waals surface area (Å²) in [4.78, 5) is 29.4. The van der Waals surface area contributed by atoms with Crippen LogP contribution >= 0.6 is 0 Å². The number of carboxylic acids is 1. The van der Waals surface area contributed by atoms with Crippen LogP contribution in [0.4, 0.5) is 0 Å². The van der Waals surface area contributed by atoms with Crippen molar-refractivity contribution in [3.8, 4) is 0 Å². The summed E-state index contributed by atoms with van der Waals surface area (Å²) in [6, 6.07) is 10.5.